The first-order valence-electron chi connectivity index (χ1n) is 8.89. The number of aliphatic hydroxyl groups is 1. The molecule has 4 rings (SSSR count). The van der Waals surface area contributed by atoms with Crippen molar-refractivity contribution in [3.05, 3.63) is 88.9 Å². The van der Waals surface area contributed by atoms with E-state index in [9.17, 15) is 14.7 Å². The highest BCUT2D eigenvalue weighted by Crippen LogP contribution is 2.43. The van der Waals surface area contributed by atoms with Gasteiger partial charge in [0, 0.05) is 23.2 Å². The van der Waals surface area contributed by atoms with Gasteiger partial charge in [-0.1, -0.05) is 66.2 Å². The molecule has 1 unspecified atom stereocenters. The molecule has 140 valence electrons. The fraction of sp³-hybridized carbons (Fsp3) is 0.130. The Hall–Kier alpha value is -2.95. The summed E-state index contributed by atoms with van der Waals surface area (Å²) in [5.41, 5.74) is 1.50. The third-order valence-electron chi connectivity index (χ3n) is 5.15. The van der Waals surface area contributed by atoms with Gasteiger partial charge in [-0.2, -0.15) is 0 Å². The van der Waals surface area contributed by atoms with Gasteiger partial charge in [-0.3, -0.25) is 9.59 Å². The van der Waals surface area contributed by atoms with Gasteiger partial charge in [-0.15, -0.1) is 0 Å². The zero-order valence-corrected chi connectivity index (χ0v) is 16.0. The van der Waals surface area contributed by atoms with Crippen molar-refractivity contribution in [3.63, 3.8) is 0 Å². The third-order valence-corrected chi connectivity index (χ3v) is 5.39. The summed E-state index contributed by atoms with van der Waals surface area (Å²) in [6.45, 7) is 0. The van der Waals surface area contributed by atoms with Crippen LogP contribution in [0.25, 0.3) is 11.1 Å². The van der Waals surface area contributed by atoms with Gasteiger partial charge in [-0.05, 0) is 29.3 Å². The number of amides is 1. The molecule has 0 fully saturated rings. The lowest BCUT2D eigenvalue weighted by atomic mass is 9.88. The van der Waals surface area contributed by atoms with Gasteiger partial charge in [0.2, 0.25) is 0 Å². The molecule has 1 aliphatic rings. The lowest BCUT2D eigenvalue weighted by molar-refractivity contribution is -0.135. The zero-order chi connectivity index (χ0) is 19.9. The molecule has 1 heterocycles. The van der Waals surface area contributed by atoms with E-state index in [4.69, 9.17) is 11.6 Å². The number of likely N-dealkylation sites (N-methyl/N-ethyl adjacent to an activating group) is 1. The zero-order valence-electron chi connectivity index (χ0n) is 15.2. The Labute approximate surface area is 168 Å². The van der Waals surface area contributed by atoms with E-state index in [0.717, 1.165) is 11.1 Å². The molecule has 0 aromatic heterocycles. The minimum Gasteiger partial charge on any atom is -0.375 e. The second-order valence-electron chi connectivity index (χ2n) is 6.93. The first kappa shape index (κ1) is 18.4. The summed E-state index contributed by atoms with van der Waals surface area (Å²) < 4.78 is 0. The number of hydrogen-bond donors (Lipinski definition) is 1. The van der Waals surface area contributed by atoms with Crippen LogP contribution in [0.15, 0.2) is 72.8 Å². The second kappa shape index (κ2) is 6.89. The molecule has 0 bridgehead atoms. The van der Waals surface area contributed by atoms with Gasteiger partial charge in [0.15, 0.2) is 11.4 Å². The molecule has 3 aromatic carbocycles. The molecular weight excluding hydrogens is 374 g/mol. The molecule has 0 saturated carbocycles. The van der Waals surface area contributed by atoms with Crippen LogP contribution in [0.1, 0.15) is 22.3 Å². The van der Waals surface area contributed by atoms with E-state index in [1.165, 1.54) is 4.90 Å². The number of benzene rings is 3. The smallest absolute Gasteiger partial charge is 0.263 e. The maximum absolute atomic E-state index is 12.8. The molecule has 5 heteroatoms. The van der Waals surface area contributed by atoms with Crippen LogP contribution in [0, 0.1) is 0 Å². The number of rotatable bonds is 4. The summed E-state index contributed by atoms with van der Waals surface area (Å²) in [6.07, 6.45) is -0.339. The highest BCUT2D eigenvalue weighted by Gasteiger charge is 2.49. The fourth-order valence-corrected chi connectivity index (χ4v) is 3.79. The van der Waals surface area contributed by atoms with Crippen LogP contribution in [0.3, 0.4) is 0 Å². The van der Waals surface area contributed by atoms with Gasteiger partial charge in [0.1, 0.15) is 0 Å². The van der Waals surface area contributed by atoms with Crippen LogP contribution in [0.4, 0.5) is 5.69 Å². The quantitative estimate of drug-likeness (QED) is 0.669. The topological polar surface area (TPSA) is 57.6 Å². The maximum atomic E-state index is 12.8. The lowest BCUT2D eigenvalue weighted by Gasteiger charge is -2.21. The monoisotopic (exact) mass is 391 g/mol. The van der Waals surface area contributed by atoms with Gasteiger partial charge >= 0.3 is 0 Å². The second-order valence-corrected chi connectivity index (χ2v) is 7.37. The molecule has 1 atom stereocenters. The Bertz CT molecular complexity index is 1060. The molecule has 1 amide bonds. The summed E-state index contributed by atoms with van der Waals surface area (Å²) in [4.78, 5) is 26.9. The van der Waals surface area contributed by atoms with E-state index in [1.807, 2.05) is 42.5 Å². The average Bonchev–Trinajstić information content (AvgIpc) is 2.90. The number of carbonyl (C=O) groups excluding carboxylic acids is 2. The van der Waals surface area contributed by atoms with Crippen LogP contribution in [-0.4, -0.2) is 23.8 Å². The van der Waals surface area contributed by atoms with Crippen LogP contribution in [0.5, 0.6) is 0 Å². The summed E-state index contributed by atoms with van der Waals surface area (Å²) in [6, 6.07) is 21.9. The lowest BCUT2D eigenvalue weighted by Crippen LogP contribution is -2.40. The summed E-state index contributed by atoms with van der Waals surface area (Å²) in [5, 5.41) is 11.5. The van der Waals surface area contributed by atoms with Crippen molar-refractivity contribution in [2.45, 2.75) is 12.0 Å². The van der Waals surface area contributed by atoms with Crippen molar-refractivity contribution in [3.8, 4) is 11.1 Å². The molecule has 4 nitrogen and oxygen atoms in total. The number of nitrogens with zero attached hydrogens (tertiary/aromatic N) is 1. The first-order chi connectivity index (χ1) is 13.4. The third kappa shape index (κ3) is 3.01. The van der Waals surface area contributed by atoms with Gasteiger partial charge in [0.25, 0.3) is 5.91 Å². The number of Topliss-reactive ketones (excluding diaryl/α,β-unsaturated/α-hetero) is 1. The minimum atomic E-state index is -1.91. The number of halogens is 1. The van der Waals surface area contributed by atoms with E-state index in [2.05, 4.69) is 0 Å². The summed E-state index contributed by atoms with van der Waals surface area (Å²) >= 11 is 6.05. The van der Waals surface area contributed by atoms with E-state index in [1.54, 1.807) is 37.4 Å². The number of carbonyl (C=O) groups is 2. The molecule has 1 N–H and O–H groups in total. The standard InChI is InChI=1S/C23H18ClNO3/c1-25-20-12-11-18(24)13-19(20)23(28,22(25)27)14-21(26)17-9-7-16(8-10-17)15-5-3-2-4-6-15/h2-13,28H,14H2,1H3. The Kier molecular flexibility index (Phi) is 4.53. The van der Waals surface area contributed by atoms with E-state index >= 15 is 0 Å². The van der Waals surface area contributed by atoms with E-state index in [0.29, 0.717) is 21.8 Å². The van der Waals surface area contributed by atoms with Crippen molar-refractivity contribution in [2.75, 3.05) is 11.9 Å². The molecule has 3 aromatic rings. The van der Waals surface area contributed by atoms with Gasteiger partial charge < -0.3 is 10.0 Å². The molecule has 0 radical (unpaired) electrons. The van der Waals surface area contributed by atoms with E-state index in [-0.39, 0.29) is 12.2 Å². The predicted octanol–water partition coefficient (Wildman–Crippen LogP) is 4.44. The van der Waals surface area contributed by atoms with Crippen LogP contribution < -0.4 is 4.90 Å². The Balaban J connectivity index is 1.62. The van der Waals surface area contributed by atoms with Crippen molar-refractivity contribution >= 4 is 29.0 Å². The SMILES string of the molecule is CN1C(=O)C(O)(CC(=O)c2ccc(-c3ccccc3)cc2)c2cc(Cl)ccc21. The summed E-state index contributed by atoms with van der Waals surface area (Å²) in [7, 11) is 1.58. The number of fused-ring (bicyclic) bond motifs is 1. The van der Waals surface area contributed by atoms with E-state index < -0.39 is 11.5 Å². The van der Waals surface area contributed by atoms with Crippen molar-refractivity contribution < 1.29 is 14.7 Å². The van der Waals surface area contributed by atoms with Crippen LogP contribution in [-0.2, 0) is 10.4 Å². The van der Waals surface area contributed by atoms with Crippen molar-refractivity contribution in [2.24, 2.45) is 0 Å². The largest absolute Gasteiger partial charge is 0.375 e. The Morgan fingerprint density at radius 3 is 2.32 bits per heavy atom. The van der Waals surface area contributed by atoms with Crippen LogP contribution >= 0.6 is 11.6 Å². The molecule has 0 spiro atoms. The highest BCUT2D eigenvalue weighted by molar-refractivity contribution is 6.31. The highest BCUT2D eigenvalue weighted by atomic mass is 35.5. The normalized spacial score (nSPS) is 18.2. The molecular formula is C23H18ClNO3. The number of anilines is 1. The first-order valence-corrected chi connectivity index (χ1v) is 9.27. The Morgan fingerprint density at radius 2 is 1.64 bits per heavy atom. The molecule has 0 aliphatic carbocycles. The maximum Gasteiger partial charge on any atom is 0.263 e. The number of hydrogen-bond acceptors (Lipinski definition) is 3. The fourth-order valence-electron chi connectivity index (χ4n) is 3.62. The van der Waals surface area contributed by atoms with Crippen molar-refractivity contribution in [1.29, 1.82) is 0 Å². The molecule has 28 heavy (non-hydrogen) atoms. The Morgan fingerprint density at radius 1 is 1.00 bits per heavy atom. The molecule has 0 saturated heterocycles. The molecule has 1 aliphatic heterocycles. The van der Waals surface area contributed by atoms with Gasteiger partial charge in [-0.25, -0.2) is 0 Å². The average molecular weight is 392 g/mol. The minimum absolute atomic E-state index is 0.309. The van der Waals surface area contributed by atoms with Gasteiger partial charge in [0.05, 0.1) is 12.1 Å². The number of ketones is 1. The van der Waals surface area contributed by atoms with Crippen molar-refractivity contribution in [1.82, 2.24) is 0 Å². The predicted molar refractivity (Wildman–Crippen MR) is 110 cm³/mol. The summed E-state index contributed by atoms with van der Waals surface area (Å²) in [5.74, 6) is -0.837. The van der Waals surface area contributed by atoms with Crippen LogP contribution in [0.2, 0.25) is 5.02 Å².